The lowest BCUT2D eigenvalue weighted by Crippen LogP contribution is -2.57. The number of fused-ring (bicyclic) bond motifs is 1. The molecule has 2 aromatic rings. The van der Waals surface area contributed by atoms with E-state index in [2.05, 4.69) is 0 Å². The van der Waals surface area contributed by atoms with Crippen molar-refractivity contribution < 1.29 is 29.6 Å². The van der Waals surface area contributed by atoms with Gasteiger partial charge >= 0.3 is 5.63 Å². The normalized spacial score (nSPS) is 17.0. The number of rotatable bonds is 5. The molecule has 0 saturated carbocycles. The summed E-state index contributed by atoms with van der Waals surface area (Å²) in [6.45, 7) is 2.16. The molecule has 0 bridgehead atoms. The van der Waals surface area contributed by atoms with E-state index in [0.29, 0.717) is 5.39 Å². The first-order valence-corrected chi connectivity index (χ1v) is 6.71. The van der Waals surface area contributed by atoms with E-state index in [1.807, 2.05) is 0 Å². The van der Waals surface area contributed by atoms with Crippen LogP contribution in [0.5, 0.6) is 5.75 Å². The smallest absolute Gasteiger partial charge is 0.336 e. The first-order valence-electron chi connectivity index (χ1n) is 6.71. The van der Waals surface area contributed by atoms with Crippen molar-refractivity contribution in [3.63, 3.8) is 0 Å². The third-order valence-corrected chi connectivity index (χ3v) is 3.45. The number of aryl methyl sites for hydroxylation is 1. The quantitative estimate of drug-likeness (QED) is 0.449. The molecule has 0 spiro atoms. The lowest BCUT2D eigenvalue weighted by Gasteiger charge is -2.34. The Morgan fingerprint density at radius 1 is 1.32 bits per heavy atom. The van der Waals surface area contributed by atoms with Gasteiger partial charge in [0.05, 0.1) is 6.61 Å². The lowest BCUT2D eigenvalue weighted by atomic mass is 10.0. The van der Waals surface area contributed by atoms with Gasteiger partial charge in [-0.2, -0.15) is 0 Å². The molecule has 0 saturated heterocycles. The number of hydrogen-bond acceptors (Lipinski definition) is 7. The maximum atomic E-state index is 11.4. The van der Waals surface area contributed by atoms with Gasteiger partial charge in [0.2, 0.25) is 0 Å². The maximum absolute atomic E-state index is 11.4. The minimum atomic E-state index is -2.40. The third-order valence-electron chi connectivity index (χ3n) is 3.45. The van der Waals surface area contributed by atoms with Gasteiger partial charge in [0.25, 0.3) is 5.79 Å². The average molecular weight is 310 g/mol. The number of aliphatic hydroxyl groups is 4. The van der Waals surface area contributed by atoms with Crippen LogP contribution in [0.25, 0.3) is 11.0 Å². The lowest BCUT2D eigenvalue weighted by molar-refractivity contribution is -0.259. The Morgan fingerprint density at radius 2 is 2.00 bits per heavy atom. The zero-order valence-corrected chi connectivity index (χ0v) is 12.2. The van der Waals surface area contributed by atoms with Crippen molar-refractivity contribution in [3.05, 3.63) is 40.2 Å². The molecule has 0 amide bonds. The molecule has 0 fully saturated rings. The van der Waals surface area contributed by atoms with Crippen molar-refractivity contribution in [2.24, 2.45) is 0 Å². The Bertz CT molecular complexity index is 721. The molecule has 4 N–H and O–H groups in total. The number of benzene rings is 1. The number of aliphatic hydroxyl groups excluding tert-OH is 3. The number of ether oxygens (including phenoxy) is 1. The molecule has 0 aliphatic rings. The van der Waals surface area contributed by atoms with Crippen LogP contribution in [0.1, 0.15) is 12.5 Å². The fraction of sp³-hybridized carbons (Fsp3) is 0.400. The van der Waals surface area contributed by atoms with Crippen molar-refractivity contribution in [2.75, 3.05) is 6.61 Å². The summed E-state index contributed by atoms with van der Waals surface area (Å²) >= 11 is 0. The summed E-state index contributed by atoms with van der Waals surface area (Å²) in [4.78, 5) is 11.4. The monoisotopic (exact) mass is 310 g/mol. The van der Waals surface area contributed by atoms with Crippen LogP contribution in [0, 0.1) is 6.92 Å². The molecule has 22 heavy (non-hydrogen) atoms. The second-order valence-electron chi connectivity index (χ2n) is 5.13. The predicted molar refractivity (Wildman–Crippen MR) is 77.6 cm³/mol. The summed E-state index contributed by atoms with van der Waals surface area (Å²) in [6.07, 6.45) is -3.19. The van der Waals surface area contributed by atoms with Gasteiger partial charge in [-0.25, -0.2) is 4.79 Å². The molecule has 2 rings (SSSR count). The first kappa shape index (κ1) is 16.4. The second-order valence-corrected chi connectivity index (χ2v) is 5.13. The average Bonchev–Trinajstić information content (AvgIpc) is 2.45. The molecule has 0 aliphatic heterocycles. The van der Waals surface area contributed by atoms with Gasteiger partial charge in [0.1, 0.15) is 23.5 Å². The largest absolute Gasteiger partial charge is 0.457 e. The fourth-order valence-corrected chi connectivity index (χ4v) is 2.12. The van der Waals surface area contributed by atoms with Gasteiger partial charge in [-0.15, -0.1) is 0 Å². The van der Waals surface area contributed by atoms with E-state index in [0.717, 1.165) is 5.56 Å². The van der Waals surface area contributed by atoms with Crippen LogP contribution >= 0.6 is 0 Å². The van der Waals surface area contributed by atoms with Gasteiger partial charge < -0.3 is 29.6 Å². The molecular weight excluding hydrogens is 292 g/mol. The van der Waals surface area contributed by atoms with Crippen LogP contribution in [-0.4, -0.2) is 45.0 Å². The fourth-order valence-electron chi connectivity index (χ4n) is 2.12. The van der Waals surface area contributed by atoms with Crippen LogP contribution < -0.4 is 10.4 Å². The Kier molecular flexibility index (Phi) is 4.52. The minimum absolute atomic E-state index is 0.0668. The molecule has 0 unspecified atom stereocenters. The zero-order chi connectivity index (χ0) is 16.5. The Balaban J connectivity index is 2.44. The van der Waals surface area contributed by atoms with Gasteiger partial charge in [0, 0.05) is 17.5 Å². The summed E-state index contributed by atoms with van der Waals surface area (Å²) in [7, 11) is 0. The van der Waals surface area contributed by atoms with Crippen LogP contribution in [0.3, 0.4) is 0 Å². The molecule has 1 aromatic heterocycles. The van der Waals surface area contributed by atoms with Gasteiger partial charge in [-0.1, -0.05) is 0 Å². The molecular formula is C15H18O7. The predicted octanol–water partition coefficient (Wildman–Crippen LogP) is -0.0972. The highest BCUT2D eigenvalue weighted by molar-refractivity contribution is 5.81. The summed E-state index contributed by atoms with van der Waals surface area (Å²) < 4.78 is 10.3. The van der Waals surface area contributed by atoms with Crippen molar-refractivity contribution in [1.82, 2.24) is 0 Å². The standard InChI is InChI=1S/C15H18O7/c1-8-5-14(19)21-12-6-10(3-4-11(8)12)22-15(20,9(2)17)13(18)7-16/h3-6,9,13,16-18,20H,7H2,1-2H3/t9-,13+,15+/m0/s1. The number of hydrogen-bond donors (Lipinski definition) is 4. The van der Waals surface area contributed by atoms with E-state index in [-0.39, 0.29) is 11.3 Å². The molecule has 7 heteroatoms. The summed E-state index contributed by atoms with van der Waals surface area (Å²) in [6, 6.07) is 5.83. The topological polar surface area (TPSA) is 120 Å². The van der Waals surface area contributed by atoms with Gasteiger partial charge in [-0.05, 0) is 31.5 Å². The summed E-state index contributed by atoms with van der Waals surface area (Å²) in [5, 5.41) is 39.2. The second kappa shape index (κ2) is 6.05. The molecule has 120 valence electrons. The molecule has 3 atom stereocenters. The van der Waals surface area contributed by atoms with E-state index >= 15 is 0 Å². The third kappa shape index (κ3) is 2.97. The van der Waals surface area contributed by atoms with E-state index < -0.39 is 30.2 Å². The Morgan fingerprint density at radius 3 is 2.59 bits per heavy atom. The van der Waals surface area contributed by atoms with Crippen LogP contribution in [0.15, 0.2) is 33.5 Å². The van der Waals surface area contributed by atoms with Gasteiger partial charge in [0.15, 0.2) is 0 Å². The Labute approximate surface area is 126 Å². The SMILES string of the molecule is Cc1cc(=O)oc2cc(O[C@](O)([C@H](C)O)[C@H](O)CO)ccc12. The highest BCUT2D eigenvalue weighted by atomic mass is 16.7. The highest BCUT2D eigenvalue weighted by Crippen LogP contribution is 2.27. The van der Waals surface area contributed by atoms with Gasteiger partial charge in [-0.3, -0.25) is 0 Å². The summed E-state index contributed by atoms with van der Waals surface area (Å²) in [5.74, 6) is -2.33. The molecule has 1 aromatic carbocycles. The van der Waals surface area contributed by atoms with E-state index in [1.165, 1.54) is 25.1 Å². The molecule has 7 nitrogen and oxygen atoms in total. The van der Waals surface area contributed by atoms with Crippen LogP contribution in [0.4, 0.5) is 0 Å². The minimum Gasteiger partial charge on any atom is -0.457 e. The zero-order valence-electron chi connectivity index (χ0n) is 12.2. The van der Waals surface area contributed by atoms with E-state index in [1.54, 1.807) is 13.0 Å². The molecule has 1 heterocycles. The Hall–Kier alpha value is -1.93. The van der Waals surface area contributed by atoms with Crippen molar-refractivity contribution in [1.29, 1.82) is 0 Å². The summed E-state index contributed by atoms with van der Waals surface area (Å²) in [5.41, 5.74) is 0.441. The van der Waals surface area contributed by atoms with Crippen molar-refractivity contribution in [2.45, 2.75) is 31.8 Å². The molecule has 0 radical (unpaired) electrons. The maximum Gasteiger partial charge on any atom is 0.336 e. The molecule has 0 aliphatic carbocycles. The van der Waals surface area contributed by atoms with E-state index in [4.69, 9.17) is 14.3 Å². The van der Waals surface area contributed by atoms with Crippen molar-refractivity contribution in [3.8, 4) is 5.75 Å². The van der Waals surface area contributed by atoms with E-state index in [9.17, 15) is 20.1 Å². The first-order chi connectivity index (χ1) is 10.3. The van der Waals surface area contributed by atoms with Crippen LogP contribution in [0.2, 0.25) is 0 Å². The van der Waals surface area contributed by atoms with Crippen molar-refractivity contribution >= 4 is 11.0 Å². The highest BCUT2D eigenvalue weighted by Gasteiger charge is 2.43. The van der Waals surface area contributed by atoms with Crippen LogP contribution in [-0.2, 0) is 0 Å².